The van der Waals surface area contributed by atoms with E-state index in [1.807, 2.05) is 18.2 Å². The van der Waals surface area contributed by atoms with Crippen LogP contribution in [0.1, 0.15) is 16.7 Å². The van der Waals surface area contributed by atoms with E-state index in [1.165, 1.54) is 11.1 Å². The molecule has 1 heterocycles. The normalized spacial score (nSPS) is 12.5. The maximum atomic E-state index is 5.39. The zero-order valence-corrected chi connectivity index (χ0v) is 11.1. The van der Waals surface area contributed by atoms with Crippen molar-refractivity contribution in [3.63, 3.8) is 0 Å². The van der Waals surface area contributed by atoms with Gasteiger partial charge in [0.1, 0.15) is 5.75 Å². The van der Waals surface area contributed by atoms with Crippen molar-refractivity contribution >= 4 is 0 Å². The van der Waals surface area contributed by atoms with Gasteiger partial charge in [-0.2, -0.15) is 0 Å². The molecule has 0 unspecified atom stereocenters. The number of rotatable bonds is 3. The minimum atomic E-state index is 0.320. The highest BCUT2D eigenvalue weighted by Crippen LogP contribution is 2.33. The molecular formula is C16H16O3. The van der Waals surface area contributed by atoms with Gasteiger partial charge in [0.25, 0.3) is 0 Å². The van der Waals surface area contributed by atoms with Gasteiger partial charge in [0.2, 0.25) is 6.79 Å². The average molecular weight is 256 g/mol. The van der Waals surface area contributed by atoms with E-state index in [4.69, 9.17) is 14.2 Å². The number of hydrogen-bond donors (Lipinski definition) is 0. The molecule has 2 aromatic rings. The summed E-state index contributed by atoms with van der Waals surface area (Å²) in [6.45, 7) is 2.38. The Bertz CT molecular complexity index is 605. The molecule has 19 heavy (non-hydrogen) atoms. The van der Waals surface area contributed by atoms with Crippen LogP contribution < -0.4 is 14.2 Å². The van der Waals surface area contributed by atoms with Crippen LogP contribution in [0.5, 0.6) is 17.2 Å². The van der Waals surface area contributed by atoms with E-state index >= 15 is 0 Å². The fourth-order valence-electron chi connectivity index (χ4n) is 2.34. The summed E-state index contributed by atoms with van der Waals surface area (Å²) >= 11 is 0. The summed E-state index contributed by atoms with van der Waals surface area (Å²) in [6.07, 6.45) is 0.876. The van der Waals surface area contributed by atoms with Crippen molar-refractivity contribution in [2.24, 2.45) is 0 Å². The molecule has 98 valence electrons. The van der Waals surface area contributed by atoms with Crippen LogP contribution in [0.15, 0.2) is 36.4 Å². The molecule has 1 aliphatic rings. The fourth-order valence-corrected chi connectivity index (χ4v) is 2.34. The lowest BCUT2D eigenvalue weighted by Crippen LogP contribution is -1.93. The molecule has 0 saturated heterocycles. The predicted octanol–water partition coefficient (Wildman–Crippen LogP) is 3.32. The first-order chi connectivity index (χ1) is 9.26. The number of hydrogen-bond acceptors (Lipinski definition) is 3. The van der Waals surface area contributed by atoms with E-state index in [0.29, 0.717) is 6.79 Å². The van der Waals surface area contributed by atoms with Crippen LogP contribution in [0, 0.1) is 6.92 Å². The van der Waals surface area contributed by atoms with Gasteiger partial charge >= 0.3 is 0 Å². The SMILES string of the molecule is COc1ccc(Cc2ccc3c(c2)OCO3)cc1C. The van der Waals surface area contributed by atoms with Gasteiger partial charge in [-0.3, -0.25) is 0 Å². The van der Waals surface area contributed by atoms with Crippen molar-refractivity contribution in [1.82, 2.24) is 0 Å². The van der Waals surface area contributed by atoms with Crippen molar-refractivity contribution in [2.45, 2.75) is 13.3 Å². The van der Waals surface area contributed by atoms with Gasteiger partial charge in [0.05, 0.1) is 7.11 Å². The van der Waals surface area contributed by atoms with E-state index in [0.717, 1.165) is 29.2 Å². The first-order valence-corrected chi connectivity index (χ1v) is 6.28. The highest BCUT2D eigenvalue weighted by atomic mass is 16.7. The molecule has 1 aliphatic heterocycles. The second-order valence-electron chi connectivity index (χ2n) is 4.67. The summed E-state index contributed by atoms with van der Waals surface area (Å²) in [4.78, 5) is 0. The number of fused-ring (bicyclic) bond motifs is 1. The second kappa shape index (κ2) is 4.84. The molecule has 3 heteroatoms. The Labute approximate surface area is 112 Å². The summed E-state index contributed by atoms with van der Waals surface area (Å²) in [6, 6.07) is 12.3. The van der Waals surface area contributed by atoms with Gasteiger partial charge in [-0.1, -0.05) is 18.2 Å². The van der Waals surface area contributed by atoms with Crippen molar-refractivity contribution in [3.8, 4) is 17.2 Å². The minimum Gasteiger partial charge on any atom is -0.496 e. The molecular weight excluding hydrogens is 240 g/mol. The number of ether oxygens (including phenoxy) is 3. The zero-order chi connectivity index (χ0) is 13.2. The molecule has 0 spiro atoms. The molecule has 0 saturated carbocycles. The van der Waals surface area contributed by atoms with E-state index in [9.17, 15) is 0 Å². The summed E-state index contributed by atoms with van der Waals surface area (Å²) in [5, 5.41) is 0. The third-order valence-electron chi connectivity index (χ3n) is 3.30. The van der Waals surface area contributed by atoms with E-state index < -0.39 is 0 Å². The van der Waals surface area contributed by atoms with Gasteiger partial charge in [-0.15, -0.1) is 0 Å². The lowest BCUT2D eigenvalue weighted by molar-refractivity contribution is 0.174. The molecule has 0 bridgehead atoms. The largest absolute Gasteiger partial charge is 0.496 e. The van der Waals surface area contributed by atoms with Crippen LogP contribution in [-0.2, 0) is 6.42 Å². The summed E-state index contributed by atoms with van der Waals surface area (Å²) < 4.78 is 16.0. The van der Waals surface area contributed by atoms with Crippen LogP contribution in [0.4, 0.5) is 0 Å². The van der Waals surface area contributed by atoms with Crippen molar-refractivity contribution in [3.05, 3.63) is 53.1 Å². The Kier molecular flexibility index (Phi) is 3.03. The van der Waals surface area contributed by atoms with E-state index in [-0.39, 0.29) is 0 Å². The molecule has 0 aliphatic carbocycles. The van der Waals surface area contributed by atoms with E-state index in [1.54, 1.807) is 7.11 Å². The molecule has 0 amide bonds. The van der Waals surface area contributed by atoms with Crippen molar-refractivity contribution in [2.75, 3.05) is 13.9 Å². The lowest BCUT2D eigenvalue weighted by Gasteiger charge is -2.08. The van der Waals surface area contributed by atoms with E-state index in [2.05, 4.69) is 25.1 Å². The Balaban J connectivity index is 1.83. The van der Waals surface area contributed by atoms with Crippen LogP contribution in [0.25, 0.3) is 0 Å². The topological polar surface area (TPSA) is 27.7 Å². The standard InChI is InChI=1S/C16H16O3/c1-11-7-12(3-5-14(11)17-2)8-13-4-6-15-16(9-13)19-10-18-15/h3-7,9H,8,10H2,1-2H3. The molecule has 3 rings (SSSR count). The minimum absolute atomic E-state index is 0.320. The molecule has 0 radical (unpaired) electrons. The van der Waals surface area contributed by atoms with Gasteiger partial charge in [0.15, 0.2) is 11.5 Å². The maximum absolute atomic E-state index is 5.39. The average Bonchev–Trinajstić information content (AvgIpc) is 2.86. The molecule has 0 atom stereocenters. The number of aryl methyl sites for hydroxylation is 1. The van der Waals surface area contributed by atoms with Crippen LogP contribution in [0.3, 0.4) is 0 Å². The number of benzene rings is 2. The molecule has 3 nitrogen and oxygen atoms in total. The molecule has 0 fully saturated rings. The molecule has 0 aromatic heterocycles. The van der Waals surface area contributed by atoms with Gasteiger partial charge < -0.3 is 14.2 Å². The van der Waals surface area contributed by atoms with Crippen molar-refractivity contribution < 1.29 is 14.2 Å². The number of methoxy groups -OCH3 is 1. The zero-order valence-electron chi connectivity index (χ0n) is 11.1. The highest BCUT2D eigenvalue weighted by Gasteiger charge is 2.13. The van der Waals surface area contributed by atoms with Crippen LogP contribution in [-0.4, -0.2) is 13.9 Å². The van der Waals surface area contributed by atoms with Crippen LogP contribution in [0.2, 0.25) is 0 Å². The fraction of sp³-hybridized carbons (Fsp3) is 0.250. The summed E-state index contributed by atoms with van der Waals surface area (Å²) in [7, 11) is 1.69. The maximum Gasteiger partial charge on any atom is 0.231 e. The van der Waals surface area contributed by atoms with Crippen molar-refractivity contribution in [1.29, 1.82) is 0 Å². The molecule has 0 N–H and O–H groups in total. The summed E-state index contributed by atoms with van der Waals surface area (Å²) in [5.74, 6) is 2.59. The van der Waals surface area contributed by atoms with Crippen LogP contribution >= 0.6 is 0 Å². The second-order valence-corrected chi connectivity index (χ2v) is 4.67. The third-order valence-corrected chi connectivity index (χ3v) is 3.30. The summed E-state index contributed by atoms with van der Waals surface area (Å²) in [5.41, 5.74) is 3.63. The first-order valence-electron chi connectivity index (χ1n) is 6.28. The Morgan fingerprint density at radius 2 is 1.74 bits per heavy atom. The third kappa shape index (κ3) is 2.36. The predicted molar refractivity (Wildman–Crippen MR) is 73.1 cm³/mol. The molecule has 2 aromatic carbocycles. The van der Waals surface area contributed by atoms with Gasteiger partial charge in [0, 0.05) is 0 Å². The monoisotopic (exact) mass is 256 g/mol. The Hall–Kier alpha value is -2.16. The van der Waals surface area contributed by atoms with Gasteiger partial charge in [-0.05, 0) is 48.2 Å². The lowest BCUT2D eigenvalue weighted by atomic mass is 10.0. The highest BCUT2D eigenvalue weighted by molar-refractivity contribution is 5.46. The Morgan fingerprint density at radius 3 is 2.53 bits per heavy atom. The Morgan fingerprint density at radius 1 is 1.00 bits per heavy atom. The smallest absolute Gasteiger partial charge is 0.231 e. The van der Waals surface area contributed by atoms with Gasteiger partial charge in [-0.25, -0.2) is 0 Å². The first kappa shape index (κ1) is 11.9. The quantitative estimate of drug-likeness (QED) is 0.843.